The first-order valence-corrected chi connectivity index (χ1v) is 7.38. The molecule has 1 unspecified atom stereocenters. The molecule has 2 aromatic heterocycles. The van der Waals surface area contributed by atoms with Crippen molar-refractivity contribution in [3.05, 3.63) is 48.3 Å². The fourth-order valence-electron chi connectivity index (χ4n) is 2.44. The van der Waals surface area contributed by atoms with Crippen LogP contribution in [-0.4, -0.2) is 55.5 Å². The van der Waals surface area contributed by atoms with Gasteiger partial charge in [-0.3, -0.25) is 4.68 Å². The van der Waals surface area contributed by atoms with Gasteiger partial charge in [0.25, 0.3) is 0 Å². The molecular formula is C15H20N8. The van der Waals surface area contributed by atoms with Crippen LogP contribution in [0.3, 0.4) is 0 Å². The summed E-state index contributed by atoms with van der Waals surface area (Å²) in [6.07, 6.45) is 3.90. The number of nitrogens with zero attached hydrogens (tertiary/aromatic N) is 7. The molecule has 0 radical (unpaired) electrons. The molecule has 0 fully saturated rings. The second-order valence-electron chi connectivity index (χ2n) is 5.56. The van der Waals surface area contributed by atoms with Gasteiger partial charge in [-0.2, -0.15) is 9.78 Å². The molecule has 8 heteroatoms. The lowest BCUT2D eigenvalue weighted by Crippen LogP contribution is -2.27. The highest BCUT2D eigenvalue weighted by molar-refractivity contribution is 5.38. The van der Waals surface area contributed by atoms with E-state index in [4.69, 9.17) is 0 Å². The van der Waals surface area contributed by atoms with Gasteiger partial charge >= 0.3 is 0 Å². The first kappa shape index (κ1) is 15.2. The average Bonchev–Trinajstić information content (AvgIpc) is 3.17. The molecule has 2 heterocycles. The van der Waals surface area contributed by atoms with E-state index >= 15 is 0 Å². The van der Waals surface area contributed by atoms with E-state index in [1.54, 1.807) is 9.36 Å². The Bertz CT molecular complexity index is 746. The number of benzene rings is 1. The SMILES string of the molecule is CN(C)C(CNc1nnnn1-c1ccccc1)c1cnn(C)c1. The van der Waals surface area contributed by atoms with E-state index < -0.39 is 0 Å². The molecule has 1 aromatic carbocycles. The van der Waals surface area contributed by atoms with Crippen LogP contribution in [0.25, 0.3) is 5.69 Å². The van der Waals surface area contributed by atoms with Crippen molar-refractivity contribution < 1.29 is 0 Å². The van der Waals surface area contributed by atoms with Gasteiger partial charge in [0.05, 0.1) is 17.9 Å². The third-order valence-corrected chi connectivity index (χ3v) is 3.66. The van der Waals surface area contributed by atoms with E-state index in [2.05, 4.69) is 30.8 Å². The molecule has 120 valence electrons. The van der Waals surface area contributed by atoms with Crippen LogP contribution in [0.2, 0.25) is 0 Å². The van der Waals surface area contributed by atoms with Gasteiger partial charge in [0.1, 0.15) is 0 Å². The number of para-hydroxylation sites is 1. The molecule has 0 aliphatic heterocycles. The van der Waals surface area contributed by atoms with Crippen molar-refractivity contribution >= 4 is 5.95 Å². The van der Waals surface area contributed by atoms with Gasteiger partial charge in [0.15, 0.2) is 0 Å². The number of nitrogens with one attached hydrogen (secondary N) is 1. The number of rotatable bonds is 6. The van der Waals surface area contributed by atoms with Crippen molar-refractivity contribution in [2.24, 2.45) is 7.05 Å². The zero-order valence-corrected chi connectivity index (χ0v) is 13.5. The molecule has 3 aromatic rings. The van der Waals surface area contributed by atoms with Crippen molar-refractivity contribution in [2.75, 3.05) is 26.0 Å². The maximum atomic E-state index is 4.25. The molecule has 0 amide bonds. The summed E-state index contributed by atoms with van der Waals surface area (Å²) in [7, 11) is 6.00. The topological polar surface area (TPSA) is 76.7 Å². The summed E-state index contributed by atoms with van der Waals surface area (Å²) >= 11 is 0. The van der Waals surface area contributed by atoms with Gasteiger partial charge in [-0.25, -0.2) is 0 Å². The lowest BCUT2D eigenvalue weighted by atomic mass is 10.1. The normalized spacial score (nSPS) is 12.5. The van der Waals surface area contributed by atoms with Crippen molar-refractivity contribution in [1.82, 2.24) is 34.9 Å². The van der Waals surface area contributed by atoms with Crippen LogP contribution in [0.4, 0.5) is 5.95 Å². The molecule has 1 atom stereocenters. The second-order valence-corrected chi connectivity index (χ2v) is 5.56. The summed E-state index contributed by atoms with van der Waals surface area (Å²) in [6.45, 7) is 0.673. The molecule has 8 nitrogen and oxygen atoms in total. The third kappa shape index (κ3) is 3.37. The van der Waals surface area contributed by atoms with Gasteiger partial charge < -0.3 is 10.2 Å². The number of hydrogen-bond acceptors (Lipinski definition) is 6. The molecule has 0 bridgehead atoms. The van der Waals surface area contributed by atoms with Crippen LogP contribution in [0, 0.1) is 0 Å². The zero-order chi connectivity index (χ0) is 16.2. The quantitative estimate of drug-likeness (QED) is 0.735. The molecular weight excluding hydrogens is 292 g/mol. The maximum absolute atomic E-state index is 4.25. The first-order chi connectivity index (χ1) is 11.1. The number of aryl methyl sites for hydroxylation is 1. The van der Waals surface area contributed by atoms with Crippen LogP contribution in [0.15, 0.2) is 42.7 Å². The van der Waals surface area contributed by atoms with Crippen LogP contribution in [0.1, 0.15) is 11.6 Å². The monoisotopic (exact) mass is 312 g/mol. The number of hydrogen-bond donors (Lipinski definition) is 1. The summed E-state index contributed by atoms with van der Waals surface area (Å²) < 4.78 is 3.50. The standard InChI is InChI=1S/C15H20N8/c1-21(2)14(12-9-17-22(3)11-12)10-16-15-18-19-20-23(15)13-7-5-4-6-8-13/h4-9,11,14H,10H2,1-3H3,(H,16,18,20). The average molecular weight is 312 g/mol. The summed E-state index contributed by atoms with van der Waals surface area (Å²) in [5, 5.41) is 19.5. The molecule has 0 saturated carbocycles. The first-order valence-electron chi connectivity index (χ1n) is 7.38. The highest BCUT2D eigenvalue weighted by Crippen LogP contribution is 2.18. The van der Waals surface area contributed by atoms with Crippen molar-refractivity contribution in [3.63, 3.8) is 0 Å². The van der Waals surface area contributed by atoms with Crippen LogP contribution < -0.4 is 5.32 Å². The predicted molar refractivity (Wildman–Crippen MR) is 87.3 cm³/mol. The lowest BCUT2D eigenvalue weighted by molar-refractivity contribution is 0.311. The van der Waals surface area contributed by atoms with Crippen LogP contribution in [-0.2, 0) is 7.05 Å². The molecule has 0 aliphatic carbocycles. The van der Waals surface area contributed by atoms with E-state index in [1.165, 1.54) is 0 Å². The molecule has 0 spiro atoms. The molecule has 23 heavy (non-hydrogen) atoms. The van der Waals surface area contributed by atoms with Crippen molar-refractivity contribution in [1.29, 1.82) is 0 Å². The van der Waals surface area contributed by atoms with Crippen LogP contribution in [0.5, 0.6) is 0 Å². The minimum Gasteiger partial charge on any atom is -0.351 e. The number of anilines is 1. The van der Waals surface area contributed by atoms with Gasteiger partial charge in [0.2, 0.25) is 5.95 Å². The highest BCUT2D eigenvalue weighted by atomic mass is 15.6. The summed E-state index contributed by atoms with van der Waals surface area (Å²) in [4.78, 5) is 2.14. The molecule has 1 N–H and O–H groups in total. The Morgan fingerprint density at radius 3 is 2.65 bits per heavy atom. The fourth-order valence-corrected chi connectivity index (χ4v) is 2.44. The summed E-state index contributed by atoms with van der Waals surface area (Å²) in [6, 6.07) is 9.98. The Kier molecular flexibility index (Phi) is 4.33. The number of aromatic nitrogens is 6. The third-order valence-electron chi connectivity index (χ3n) is 3.66. The van der Waals surface area contributed by atoms with E-state index in [-0.39, 0.29) is 6.04 Å². The Morgan fingerprint density at radius 1 is 1.22 bits per heavy atom. The van der Waals surface area contributed by atoms with Gasteiger partial charge in [-0.1, -0.05) is 23.3 Å². The highest BCUT2D eigenvalue weighted by Gasteiger charge is 2.17. The Balaban J connectivity index is 1.76. The zero-order valence-electron chi connectivity index (χ0n) is 13.5. The van der Waals surface area contributed by atoms with E-state index in [0.717, 1.165) is 11.3 Å². The smallest absolute Gasteiger partial charge is 0.247 e. The largest absolute Gasteiger partial charge is 0.351 e. The van der Waals surface area contributed by atoms with E-state index in [0.29, 0.717) is 12.5 Å². The molecule has 3 rings (SSSR count). The molecule has 0 saturated heterocycles. The maximum Gasteiger partial charge on any atom is 0.247 e. The summed E-state index contributed by atoms with van der Waals surface area (Å²) in [5.41, 5.74) is 2.06. The Labute approximate surface area is 134 Å². The Hall–Kier alpha value is -2.74. The predicted octanol–water partition coefficient (Wildman–Crippen LogP) is 1.11. The van der Waals surface area contributed by atoms with Gasteiger partial charge in [0, 0.05) is 25.4 Å². The van der Waals surface area contributed by atoms with Crippen molar-refractivity contribution in [2.45, 2.75) is 6.04 Å². The minimum absolute atomic E-state index is 0.171. The van der Waals surface area contributed by atoms with Gasteiger partial charge in [-0.15, -0.1) is 0 Å². The van der Waals surface area contributed by atoms with Gasteiger partial charge in [-0.05, 0) is 36.7 Å². The molecule has 0 aliphatic rings. The second kappa shape index (κ2) is 6.57. The number of likely N-dealkylation sites (N-methyl/N-ethyl adjacent to an activating group) is 1. The summed E-state index contributed by atoms with van der Waals surface area (Å²) in [5.74, 6) is 0.618. The fraction of sp³-hybridized carbons (Fsp3) is 0.333. The van der Waals surface area contributed by atoms with Crippen LogP contribution >= 0.6 is 0 Å². The number of tetrazole rings is 1. The lowest BCUT2D eigenvalue weighted by Gasteiger charge is -2.23. The minimum atomic E-state index is 0.171. The van der Waals surface area contributed by atoms with Crippen molar-refractivity contribution in [3.8, 4) is 5.69 Å². The van der Waals surface area contributed by atoms with E-state index in [1.807, 2.05) is 63.9 Å². The van der Waals surface area contributed by atoms with E-state index in [9.17, 15) is 0 Å². The Morgan fingerprint density at radius 2 is 2.00 bits per heavy atom.